The van der Waals surface area contributed by atoms with E-state index in [0.717, 1.165) is 6.54 Å². The minimum Gasteiger partial charge on any atom is -0.395 e. The van der Waals surface area contributed by atoms with Crippen molar-refractivity contribution in [3.63, 3.8) is 0 Å². The standard InChI is InChI=1S/C10H24N2O/c1-6-12(5)8(7-13)9(11)10(2,3)4/h8-9,13H,6-7,11H2,1-5H3. The van der Waals surface area contributed by atoms with E-state index in [9.17, 15) is 5.11 Å². The van der Waals surface area contributed by atoms with Crippen molar-refractivity contribution in [2.24, 2.45) is 11.1 Å². The van der Waals surface area contributed by atoms with Gasteiger partial charge in [0.1, 0.15) is 0 Å². The third-order valence-corrected chi connectivity index (χ3v) is 2.67. The summed E-state index contributed by atoms with van der Waals surface area (Å²) in [6.07, 6.45) is 0. The van der Waals surface area contributed by atoms with Gasteiger partial charge in [-0.15, -0.1) is 0 Å². The highest BCUT2D eigenvalue weighted by Gasteiger charge is 2.30. The van der Waals surface area contributed by atoms with E-state index in [2.05, 4.69) is 32.6 Å². The van der Waals surface area contributed by atoms with E-state index in [1.54, 1.807) is 0 Å². The van der Waals surface area contributed by atoms with Gasteiger partial charge in [0.05, 0.1) is 6.61 Å². The normalized spacial score (nSPS) is 17.5. The van der Waals surface area contributed by atoms with Crippen molar-refractivity contribution in [1.82, 2.24) is 4.90 Å². The molecule has 3 heteroatoms. The average Bonchev–Trinajstić information content (AvgIpc) is 2.03. The molecule has 0 saturated carbocycles. The lowest BCUT2D eigenvalue weighted by molar-refractivity contribution is 0.0925. The Hall–Kier alpha value is -0.120. The molecule has 0 aliphatic heterocycles. The van der Waals surface area contributed by atoms with Crippen LogP contribution in [0.4, 0.5) is 0 Å². The zero-order chi connectivity index (χ0) is 10.6. The molecule has 0 aromatic rings. The molecule has 0 saturated heterocycles. The molecule has 0 fully saturated rings. The maximum absolute atomic E-state index is 9.24. The Morgan fingerprint density at radius 1 is 1.38 bits per heavy atom. The van der Waals surface area contributed by atoms with E-state index >= 15 is 0 Å². The van der Waals surface area contributed by atoms with Gasteiger partial charge in [-0.2, -0.15) is 0 Å². The van der Waals surface area contributed by atoms with E-state index in [-0.39, 0.29) is 24.1 Å². The molecule has 3 nitrogen and oxygen atoms in total. The van der Waals surface area contributed by atoms with Crippen molar-refractivity contribution in [3.05, 3.63) is 0 Å². The van der Waals surface area contributed by atoms with Crippen LogP contribution in [0.25, 0.3) is 0 Å². The summed E-state index contributed by atoms with van der Waals surface area (Å²) >= 11 is 0. The van der Waals surface area contributed by atoms with Crippen LogP contribution in [0.5, 0.6) is 0 Å². The maximum Gasteiger partial charge on any atom is 0.0602 e. The highest BCUT2D eigenvalue weighted by Crippen LogP contribution is 2.21. The van der Waals surface area contributed by atoms with Crippen LogP contribution in [0.1, 0.15) is 27.7 Å². The molecule has 13 heavy (non-hydrogen) atoms. The zero-order valence-electron chi connectivity index (χ0n) is 9.54. The molecule has 0 aliphatic rings. The molecule has 0 rings (SSSR count). The van der Waals surface area contributed by atoms with Gasteiger partial charge in [-0.25, -0.2) is 0 Å². The number of nitrogens with zero attached hydrogens (tertiary/aromatic N) is 1. The van der Waals surface area contributed by atoms with Crippen LogP contribution in [0.2, 0.25) is 0 Å². The molecule has 0 bridgehead atoms. The van der Waals surface area contributed by atoms with Crippen LogP contribution >= 0.6 is 0 Å². The number of likely N-dealkylation sites (N-methyl/N-ethyl adjacent to an activating group) is 1. The third kappa shape index (κ3) is 3.63. The summed E-state index contributed by atoms with van der Waals surface area (Å²) in [6, 6.07) is 0.0625. The summed E-state index contributed by atoms with van der Waals surface area (Å²) in [5.41, 5.74) is 6.12. The SMILES string of the molecule is CCN(C)C(CO)C(N)C(C)(C)C. The van der Waals surface area contributed by atoms with E-state index in [1.165, 1.54) is 0 Å². The largest absolute Gasteiger partial charge is 0.395 e. The predicted molar refractivity (Wildman–Crippen MR) is 56.6 cm³/mol. The summed E-state index contributed by atoms with van der Waals surface area (Å²) in [5.74, 6) is 0. The second-order valence-electron chi connectivity index (χ2n) is 4.71. The average molecular weight is 188 g/mol. The van der Waals surface area contributed by atoms with Gasteiger partial charge in [0.25, 0.3) is 0 Å². The Balaban J connectivity index is 4.40. The fourth-order valence-electron chi connectivity index (χ4n) is 1.34. The molecular formula is C10H24N2O. The molecule has 0 aliphatic carbocycles. The van der Waals surface area contributed by atoms with E-state index in [1.807, 2.05) is 7.05 Å². The van der Waals surface area contributed by atoms with Gasteiger partial charge in [0.2, 0.25) is 0 Å². The maximum atomic E-state index is 9.24. The second-order valence-corrected chi connectivity index (χ2v) is 4.71. The lowest BCUT2D eigenvalue weighted by atomic mass is 9.82. The minimum absolute atomic E-state index is 0.00227. The summed E-state index contributed by atoms with van der Waals surface area (Å²) < 4.78 is 0. The van der Waals surface area contributed by atoms with E-state index in [4.69, 9.17) is 5.73 Å². The molecule has 80 valence electrons. The van der Waals surface area contributed by atoms with Crippen LogP contribution < -0.4 is 5.73 Å². The highest BCUT2D eigenvalue weighted by molar-refractivity contribution is 4.88. The van der Waals surface area contributed by atoms with Gasteiger partial charge in [-0.1, -0.05) is 27.7 Å². The molecule has 0 heterocycles. The number of aliphatic hydroxyl groups excluding tert-OH is 1. The Kier molecular flexibility index (Phi) is 4.89. The van der Waals surface area contributed by atoms with Crippen LogP contribution in [-0.4, -0.2) is 42.3 Å². The van der Waals surface area contributed by atoms with Gasteiger partial charge in [0.15, 0.2) is 0 Å². The molecular weight excluding hydrogens is 164 g/mol. The number of nitrogens with two attached hydrogens (primary N) is 1. The van der Waals surface area contributed by atoms with Crippen molar-refractivity contribution in [3.8, 4) is 0 Å². The van der Waals surface area contributed by atoms with Crippen molar-refractivity contribution < 1.29 is 5.11 Å². The van der Waals surface area contributed by atoms with Crippen molar-refractivity contribution >= 4 is 0 Å². The van der Waals surface area contributed by atoms with Gasteiger partial charge in [0, 0.05) is 12.1 Å². The molecule has 0 amide bonds. The fraction of sp³-hybridized carbons (Fsp3) is 1.00. The van der Waals surface area contributed by atoms with E-state index < -0.39 is 0 Å². The Morgan fingerprint density at radius 2 is 1.85 bits per heavy atom. The topological polar surface area (TPSA) is 49.5 Å². The first-order valence-electron chi connectivity index (χ1n) is 4.91. The minimum atomic E-state index is 0.00227. The van der Waals surface area contributed by atoms with Gasteiger partial charge in [-0.3, -0.25) is 4.90 Å². The third-order valence-electron chi connectivity index (χ3n) is 2.67. The molecule has 2 atom stereocenters. The van der Waals surface area contributed by atoms with Crippen molar-refractivity contribution in [2.45, 2.75) is 39.8 Å². The molecule has 0 aromatic heterocycles. The summed E-state index contributed by atoms with van der Waals surface area (Å²) in [6.45, 7) is 9.41. The molecule has 2 unspecified atom stereocenters. The summed E-state index contributed by atoms with van der Waals surface area (Å²) in [5, 5.41) is 9.24. The van der Waals surface area contributed by atoms with Gasteiger partial charge in [-0.05, 0) is 19.0 Å². The zero-order valence-corrected chi connectivity index (χ0v) is 9.54. The van der Waals surface area contributed by atoms with Gasteiger partial charge >= 0.3 is 0 Å². The van der Waals surface area contributed by atoms with Crippen molar-refractivity contribution in [1.29, 1.82) is 0 Å². The van der Waals surface area contributed by atoms with Crippen molar-refractivity contribution in [2.75, 3.05) is 20.2 Å². The second kappa shape index (κ2) is 4.94. The number of hydrogen-bond donors (Lipinski definition) is 2. The monoisotopic (exact) mass is 188 g/mol. The van der Waals surface area contributed by atoms with E-state index in [0.29, 0.717) is 0 Å². The fourth-order valence-corrected chi connectivity index (χ4v) is 1.34. The van der Waals surface area contributed by atoms with Gasteiger partial charge < -0.3 is 10.8 Å². The summed E-state index contributed by atoms with van der Waals surface area (Å²) in [4.78, 5) is 2.09. The summed E-state index contributed by atoms with van der Waals surface area (Å²) in [7, 11) is 1.99. The Bertz CT molecular complexity index is 142. The highest BCUT2D eigenvalue weighted by atomic mass is 16.3. The Labute approximate surface area is 81.9 Å². The van der Waals surface area contributed by atoms with Crippen LogP contribution in [-0.2, 0) is 0 Å². The number of hydrogen-bond acceptors (Lipinski definition) is 3. The smallest absolute Gasteiger partial charge is 0.0602 e. The Morgan fingerprint density at radius 3 is 2.08 bits per heavy atom. The van der Waals surface area contributed by atoms with Crippen LogP contribution in [0.3, 0.4) is 0 Å². The van der Waals surface area contributed by atoms with Crippen LogP contribution in [0, 0.1) is 5.41 Å². The lowest BCUT2D eigenvalue weighted by Crippen LogP contribution is -2.54. The quantitative estimate of drug-likeness (QED) is 0.682. The first-order chi connectivity index (χ1) is 5.84. The molecule has 0 radical (unpaired) electrons. The molecule has 0 spiro atoms. The molecule has 3 N–H and O–H groups in total. The molecule has 0 aromatic carbocycles. The number of rotatable bonds is 4. The first kappa shape index (κ1) is 12.9. The van der Waals surface area contributed by atoms with Crippen LogP contribution in [0.15, 0.2) is 0 Å². The number of aliphatic hydroxyl groups is 1. The lowest BCUT2D eigenvalue weighted by Gasteiger charge is -2.38. The predicted octanol–water partition coefficient (Wildman–Crippen LogP) is 0.672. The first-order valence-corrected chi connectivity index (χ1v) is 4.91.